The zero-order chi connectivity index (χ0) is 20.2. The Hall–Kier alpha value is -3.74. The van der Waals surface area contributed by atoms with Crippen molar-refractivity contribution in [3.63, 3.8) is 0 Å². The Morgan fingerprint density at radius 1 is 1.03 bits per heavy atom. The van der Waals surface area contributed by atoms with Gasteiger partial charge >= 0.3 is 0 Å². The van der Waals surface area contributed by atoms with Gasteiger partial charge < -0.3 is 16.0 Å². The number of nitrogens with one attached hydrogen (secondary N) is 3. The minimum atomic E-state index is -0.431. The third-order valence-corrected chi connectivity index (χ3v) is 4.60. The van der Waals surface area contributed by atoms with Gasteiger partial charge in [0.2, 0.25) is 0 Å². The largest absolute Gasteiger partial charge is 0.382 e. The van der Waals surface area contributed by atoms with Gasteiger partial charge in [0.05, 0.1) is 11.3 Å². The molecule has 1 aromatic heterocycles. The van der Waals surface area contributed by atoms with E-state index >= 15 is 0 Å². The Labute approximate surface area is 166 Å². The lowest BCUT2D eigenvalue weighted by Gasteiger charge is -2.09. The fourth-order valence-corrected chi connectivity index (χ4v) is 3.10. The van der Waals surface area contributed by atoms with Crippen molar-refractivity contribution in [2.45, 2.75) is 6.42 Å². The average Bonchev–Trinajstić information content (AvgIpc) is 3.03. The molecule has 1 aliphatic rings. The maximum atomic E-state index is 14.4. The summed E-state index contributed by atoms with van der Waals surface area (Å²) in [7, 11) is 0. The summed E-state index contributed by atoms with van der Waals surface area (Å²) in [5.41, 5.74) is 3.29. The van der Waals surface area contributed by atoms with Crippen LogP contribution in [-0.2, 0) is 11.2 Å². The summed E-state index contributed by atoms with van der Waals surface area (Å²) in [5, 5.41) is 8.64. The molecule has 2 aromatic carbocycles. The molecule has 3 aromatic rings. The Morgan fingerprint density at radius 2 is 1.86 bits per heavy atom. The van der Waals surface area contributed by atoms with Crippen LogP contribution in [-0.4, -0.2) is 17.4 Å². The van der Waals surface area contributed by atoms with Gasteiger partial charge in [-0.25, -0.2) is 8.78 Å². The van der Waals surface area contributed by atoms with Gasteiger partial charge in [-0.1, -0.05) is 0 Å². The first-order valence-corrected chi connectivity index (χ1v) is 9.10. The maximum absolute atomic E-state index is 14.4. The molecule has 0 saturated carbocycles. The lowest BCUT2D eigenvalue weighted by atomic mass is 10.1. The van der Waals surface area contributed by atoms with Crippen molar-refractivity contribution in [1.82, 2.24) is 4.98 Å². The molecule has 29 heavy (non-hydrogen) atoms. The molecule has 0 radical (unpaired) electrons. The zero-order valence-electron chi connectivity index (χ0n) is 15.4. The molecule has 2 heterocycles. The van der Waals surface area contributed by atoms with Crippen molar-refractivity contribution in [3.05, 3.63) is 89.9 Å². The first-order valence-electron chi connectivity index (χ1n) is 9.10. The molecule has 0 aliphatic carbocycles. The van der Waals surface area contributed by atoms with Crippen LogP contribution in [0.5, 0.6) is 0 Å². The van der Waals surface area contributed by atoms with Crippen LogP contribution >= 0.6 is 0 Å². The lowest BCUT2D eigenvalue weighted by Crippen LogP contribution is -2.07. The normalized spacial score (nSPS) is 13.9. The van der Waals surface area contributed by atoms with Crippen LogP contribution in [0.1, 0.15) is 11.1 Å². The van der Waals surface area contributed by atoms with Crippen molar-refractivity contribution in [2.24, 2.45) is 0 Å². The number of halogens is 2. The standard InChI is InChI=1S/C22H18F2N4O/c23-15-1-3-20-17(11-15)18(22(29)28-20)13-27-16-2-4-21(19(24)12-16)26-10-7-14-5-8-25-9-6-14/h1-6,8-9,11-13,26-27H,7,10H2,(H,28,29). The minimum Gasteiger partial charge on any atom is -0.382 e. The van der Waals surface area contributed by atoms with Gasteiger partial charge in [-0.3, -0.25) is 9.78 Å². The van der Waals surface area contributed by atoms with Crippen LogP contribution in [0.25, 0.3) is 5.57 Å². The number of rotatable bonds is 6. The highest BCUT2D eigenvalue weighted by atomic mass is 19.1. The Morgan fingerprint density at radius 3 is 2.66 bits per heavy atom. The number of carbonyl (C=O) groups excluding carboxylic acids is 1. The molecule has 0 unspecified atom stereocenters. The van der Waals surface area contributed by atoms with E-state index in [9.17, 15) is 13.6 Å². The van der Waals surface area contributed by atoms with E-state index in [1.165, 1.54) is 30.5 Å². The summed E-state index contributed by atoms with van der Waals surface area (Å²) in [6.45, 7) is 0.584. The molecule has 1 amide bonds. The zero-order valence-corrected chi connectivity index (χ0v) is 15.4. The van der Waals surface area contributed by atoms with E-state index in [2.05, 4.69) is 20.9 Å². The van der Waals surface area contributed by atoms with Crippen LogP contribution in [0.4, 0.5) is 25.8 Å². The van der Waals surface area contributed by atoms with E-state index in [0.29, 0.717) is 34.7 Å². The summed E-state index contributed by atoms with van der Waals surface area (Å²) < 4.78 is 27.9. The molecule has 3 N–H and O–H groups in total. The van der Waals surface area contributed by atoms with Gasteiger partial charge in [-0.15, -0.1) is 0 Å². The smallest absolute Gasteiger partial charge is 0.257 e. The van der Waals surface area contributed by atoms with Crippen molar-refractivity contribution >= 4 is 28.5 Å². The third-order valence-electron chi connectivity index (χ3n) is 4.60. The van der Waals surface area contributed by atoms with Crippen LogP contribution in [0, 0.1) is 11.6 Å². The molecule has 4 rings (SSSR count). The topological polar surface area (TPSA) is 66.1 Å². The van der Waals surface area contributed by atoms with E-state index < -0.39 is 11.6 Å². The fourth-order valence-electron chi connectivity index (χ4n) is 3.10. The monoisotopic (exact) mass is 392 g/mol. The summed E-state index contributed by atoms with van der Waals surface area (Å²) >= 11 is 0. The number of fused-ring (bicyclic) bond motifs is 1. The molecule has 1 aliphatic heterocycles. The van der Waals surface area contributed by atoms with E-state index in [4.69, 9.17) is 0 Å². The predicted octanol–water partition coefficient (Wildman–Crippen LogP) is 4.42. The summed E-state index contributed by atoms with van der Waals surface area (Å²) in [6.07, 6.45) is 5.65. The second-order valence-electron chi connectivity index (χ2n) is 6.57. The molecule has 0 saturated heterocycles. The number of hydrogen-bond donors (Lipinski definition) is 3. The Balaban J connectivity index is 1.42. The average molecular weight is 392 g/mol. The van der Waals surface area contributed by atoms with Crippen molar-refractivity contribution in [2.75, 3.05) is 22.5 Å². The first-order chi connectivity index (χ1) is 14.1. The number of anilines is 3. The van der Waals surface area contributed by atoms with E-state index in [0.717, 1.165) is 12.0 Å². The molecule has 7 heteroatoms. The van der Waals surface area contributed by atoms with Crippen molar-refractivity contribution in [3.8, 4) is 0 Å². The second-order valence-corrected chi connectivity index (χ2v) is 6.57. The molecule has 0 spiro atoms. The lowest BCUT2D eigenvalue weighted by molar-refractivity contribution is -0.110. The summed E-state index contributed by atoms with van der Waals surface area (Å²) in [4.78, 5) is 16.1. The van der Waals surface area contributed by atoms with Gasteiger partial charge in [0.25, 0.3) is 5.91 Å². The van der Waals surface area contributed by atoms with Crippen LogP contribution in [0.3, 0.4) is 0 Å². The molecular weight excluding hydrogens is 374 g/mol. The van der Waals surface area contributed by atoms with Crippen LogP contribution < -0.4 is 16.0 Å². The van der Waals surface area contributed by atoms with Gasteiger partial charge in [0.15, 0.2) is 0 Å². The first kappa shape index (κ1) is 18.6. The van der Waals surface area contributed by atoms with Gasteiger partial charge in [-0.05, 0) is 60.5 Å². The van der Waals surface area contributed by atoms with Crippen molar-refractivity contribution < 1.29 is 13.6 Å². The highest BCUT2D eigenvalue weighted by Gasteiger charge is 2.24. The quantitative estimate of drug-likeness (QED) is 0.544. The van der Waals surface area contributed by atoms with Gasteiger partial charge in [0, 0.05) is 42.1 Å². The SMILES string of the molecule is O=C1Nc2ccc(F)cc2C1=CNc1ccc(NCCc2ccncc2)c(F)c1. The predicted molar refractivity (Wildman–Crippen MR) is 109 cm³/mol. The highest BCUT2D eigenvalue weighted by Crippen LogP contribution is 2.32. The number of nitrogens with zero attached hydrogens (tertiary/aromatic N) is 1. The van der Waals surface area contributed by atoms with Gasteiger partial charge in [0.1, 0.15) is 11.6 Å². The van der Waals surface area contributed by atoms with Crippen molar-refractivity contribution in [1.29, 1.82) is 0 Å². The number of amides is 1. The molecule has 0 fully saturated rings. The molecular formula is C22H18F2N4O. The molecule has 0 atom stereocenters. The number of carbonyl (C=O) groups is 1. The molecule has 0 bridgehead atoms. The minimum absolute atomic E-state index is 0.291. The molecule has 5 nitrogen and oxygen atoms in total. The van der Waals surface area contributed by atoms with Gasteiger partial charge in [-0.2, -0.15) is 0 Å². The summed E-state index contributed by atoms with van der Waals surface area (Å²) in [6, 6.07) is 12.6. The third kappa shape index (κ3) is 4.24. The molecule has 146 valence electrons. The van der Waals surface area contributed by atoms with Crippen LogP contribution in [0.2, 0.25) is 0 Å². The Bertz CT molecular complexity index is 1080. The Kier molecular flexibility index (Phi) is 5.20. The second kappa shape index (κ2) is 8.10. The number of hydrogen-bond acceptors (Lipinski definition) is 4. The number of pyridine rings is 1. The van der Waals surface area contributed by atoms with E-state index in [-0.39, 0.29) is 5.91 Å². The van der Waals surface area contributed by atoms with Crippen LogP contribution in [0.15, 0.2) is 67.1 Å². The van der Waals surface area contributed by atoms with E-state index in [1.807, 2.05) is 12.1 Å². The number of benzene rings is 2. The number of aromatic nitrogens is 1. The maximum Gasteiger partial charge on any atom is 0.257 e. The summed E-state index contributed by atoms with van der Waals surface area (Å²) in [5.74, 6) is -1.18. The van der Waals surface area contributed by atoms with E-state index in [1.54, 1.807) is 24.5 Å². The highest BCUT2D eigenvalue weighted by molar-refractivity contribution is 6.31. The fraction of sp³-hybridized carbons (Fsp3) is 0.0909.